The van der Waals surface area contributed by atoms with E-state index in [-0.39, 0.29) is 23.2 Å². The largest absolute Gasteiger partial charge is 0.458 e. The molecule has 2 aromatic rings. The Morgan fingerprint density at radius 1 is 1.41 bits per heavy atom. The first-order chi connectivity index (χ1) is 12.8. The molecule has 1 N–H and O–H groups in total. The predicted molar refractivity (Wildman–Crippen MR) is 99.2 cm³/mol. The number of amides is 1. The van der Waals surface area contributed by atoms with Crippen molar-refractivity contribution < 1.29 is 19.2 Å². The highest BCUT2D eigenvalue weighted by atomic mass is 16.6. The zero-order valence-electron chi connectivity index (χ0n) is 15.2. The van der Waals surface area contributed by atoms with Gasteiger partial charge in [-0.3, -0.25) is 19.6 Å². The Hall–Kier alpha value is -3.49. The highest BCUT2D eigenvalue weighted by molar-refractivity contribution is 6.05. The monoisotopic (exact) mass is 372 g/mol. The second-order valence-electron chi connectivity index (χ2n) is 5.88. The zero-order valence-corrected chi connectivity index (χ0v) is 15.2. The van der Waals surface area contributed by atoms with Crippen LogP contribution in [-0.2, 0) is 16.1 Å². The van der Waals surface area contributed by atoms with E-state index >= 15 is 0 Å². The molecule has 0 atom stereocenters. The number of anilines is 1. The van der Waals surface area contributed by atoms with E-state index in [1.54, 1.807) is 19.9 Å². The molecule has 0 bridgehead atoms. The number of ether oxygens (including phenoxy) is 1. The number of nitrogens with zero attached hydrogens (tertiary/aromatic N) is 3. The summed E-state index contributed by atoms with van der Waals surface area (Å²) in [5.74, 6) is -1.13. The van der Waals surface area contributed by atoms with Crippen molar-refractivity contribution in [1.29, 1.82) is 0 Å². The van der Waals surface area contributed by atoms with Crippen molar-refractivity contribution in [3.63, 3.8) is 0 Å². The van der Waals surface area contributed by atoms with Gasteiger partial charge < -0.3 is 10.1 Å². The van der Waals surface area contributed by atoms with Gasteiger partial charge in [0, 0.05) is 31.0 Å². The lowest BCUT2D eigenvalue weighted by Gasteiger charge is -2.07. The van der Waals surface area contributed by atoms with Crippen molar-refractivity contribution >= 4 is 29.3 Å². The maximum Gasteiger partial charge on any atom is 0.361 e. The van der Waals surface area contributed by atoms with Gasteiger partial charge in [0.05, 0.1) is 16.7 Å². The van der Waals surface area contributed by atoms with Crippen LogP contribution in [0.25, 0.3) is 6.08 Å². The van der Waals surface area contributed by atoms with E-state index in [2.05, 4.69) is 10.4 Å². The number of carbonyl (C=O) groups is 2. The lowest BCUT2D eigenvalue weighted by molar-refractivity contribution is -0.384. The van der Waals surface area contributed by atoms with Gasteiger partial charge in [-0.15, -0.1) is 0 Å². The fraction of sp³-hybridized carbons (Fsp3) is 0.278. The molecule has 0 saturated carbocycles. The average Bonchev–Trinajstić information content (AvgIpc) is 3.02. The molecule has 0 fully saturated rings. The van der Waals surface area contributed by atoms with Crippen LogP contribution in [0.5, 0.6) is 0 Å². The number of aryl methyl sites for hydroxylation is 1. The Labute approximate surface area is 155 Å². The Morgan fingerprint density at radius 3 is 2.78 bits per heavy atom. The Kier molecular flexibility index (Phi) is 6.42. The Balaban J connectivity index is 2.15. The molecular formula is C18H20N4O5. The molecule has 0 spiro atoms. The van der Waals surface area contributed by atoms with Crippen molar-refractivity contribution in [1.82, 2.24) is 9.78 Å². The van der Waals surface area contributed by atoms with Gasteiger partial charge in [-0.2, -0.15) is 5.10 Å². The number of esters is 1. The fourth-order valence-electron chi connectivity index (χ4n) is 2.18. The van der Waals surface area contributed by atoms with Crippen molar-refractivity contribution in [3.8, 4) is 0 Å². The van der Waals surface area contributed by atoms with E-state index in [1.807, 2.05) is 6.92 Å². The smallest absolute Gasteiger partial charge is 0.361 e. The Bertz CT molecular complexity index is 886. The SMILES string of the molecule is CCn1cc(NC(=O)/C=C/c2cccc([N+](=O)[O-])c2)c(C(=O)OC(C)C)n1. The normalized spacial score (nSPS) is 11.0. The molecule has 1 amide bonds. The summed E-state index contributed by atoms with van der Waals surface area (Å²) in [6.07, 6.45) is 3.89. The van der Waals surface area contributed by atoms with Crippen LogP contribution >= 0.6 is 0 Å². The van der Waals surface area contributed by atoms with Gasteiger partial charge in [0.15, 0.2) is 5.69 Å². The molecule has 1 aromatic carbocycles. The van der Waals surface area contributed by atoms with E-state index in [4.69, 9.17) is 4.74 Å². The van der Waals surface area contributed by atoms with Crippen LogP contribution in [0.1, 0.15) is 36.8 Å². The topological polar surface area (TPSA) is 116 Å². The summed E-state index contributed by atoms with van der Waals surface area (Å²) in [7, 11) is 0. The Morgan fingerprint density at radius 2 is 2.15 bits per heavy atom. The highest BCUT2D eigenvalue weighted by Gasteiger charge is 2.20. The van der Waals surface area contributed by atoms with Crippen molar-refractivity contribution in [3.05, 3.63) is 57.9 Å². The maximum absolute atomic E-state index is 12.2. The van der Waals surface area contributed by atoms with Gasteiger partial charge in [0.25, 0.3) is 5.69 Å². The number of hydrogen-bond acceptors (Lipinski definition) is 6. The minimum Gasteiger partial charge on any atom is -0.458 e. The number of benzene rings is 1. The molecule has 9 nitrogen and oxygen atoms in total. The molecule has 1 heterocycles. The third-order valence-electron chi connectivity index (χ3n) is 3.39. The van der Waals surface area contributed by atoms with Crippen LogP contribution in [0, 0.1) is 10.1 Å². The second kappa shape index (κ2) is 8.75. The summed E-state index contributed by atoms with van der Waals surface area (Å²) in [5.41, 5.74) is 0.683. The molecule has 1 aromatic heterocycles. The molecule has 2 rings (SSSR count). The first-order valence-corrected chi connectivity index (χ1v) is 8.32. The van der Waals surface area contributed by atoms with Crippen LogP contribution in [0.3, 0.4) is 0 Å². The zero-order chi connectivity index (χ0) is 20.0. The second-order valence-corrected chi connectivity index (χ2v) is 5.88. The van der Waals surface area contributed by atoms with Gasteiger partial charge >= 0.3 is 5.97 Å². The minimum atomic E-state index is -0.629. The fourth-order valence-corrected chi connectivity index (χ4v) is 2.18. The molecule has 142 valence electrons. The van der Waals surface area contributed by atoms with Gasteiger partial charge in [-0.1, -0.05) is 12.1 Å². The molecule has 0 aliphatic rings. The third-order valence-corrected chi connectivity index (χ3v) is 3.39. The van der Waals surface area contributed by atoms with E-state index in [0.29, 0.717) is 12.1 Å². The molecule has 0 unspecified atom stereocenters. The van der Waals surface area contributed by atoms with Crippen LogP contribution in [0.2, 0.25) is 0 Å². The van der Waals surface area contributed by atoms with Crippen LogP contribution < -0.4 is 5.32 Å². The molecular weight excluding hydrogens is 352 g/mol. The summed E-state index contributed by atoms with van der Waals surface area (Å²) in [4.78, 5) is 34.6. The van der Waals surface area contributed by atoms with Gasteiger partial charge in [-0.05, 0) is 32.4 Å². The van der Waals surface area contributed by atoms with E-state index < -0.39 is 16.8 Å². The number of non-ortho nitro benzene ring substituents is 1. The van der Waals surface area contributed by atoms with Gasteiger partial charge in [-0.25, -0.2) is 4.79 Å². The highest BCUT2D eigenvalue weighted by Crippen LogP contribution is 2.17. The van der Waals surface area contributed by atoms with Crippen molar-refractivity contribution in [2.45, 2.75) is 33.4 Å². The number of rotatable bonds is 7. The summed E-state index contributed by atoms with van der Waals surface area (Å²) < 4.78 is 6.64. The molecule has 27 heavy (non-hydrogen) atoms. The minimum absolute atomic E-state index is 0.0163. The van der Waals surface area contributed by atoms with E-state index in [0.717, 1.165) is 0 Å². The number of nitro groups is 1. The first kappa shape index (κ1) is 19.8. The third kappa shape index (κ3) is 5.50. The van der Waals surface area contributed by atoms with Crippen molar-refractivity contribution in [2.75, 3.05) is 5.32 Å². The average molecular weight is 372 g/mol. The quantitative estimate of drug-likeness (QED) is 0.346. The molecule has 0 saturated heterocycles. The number of nitro benzene ring substituents is 1. The molecule has 0 aliphatic heterocycles. The lowest BCUT2D eigenvalue weighted by atomic mass is 10.2. The van der Waals surface area contributed by atoms with Crippen LogP contribution in [0.15, 0.2) is 36.5 Å². The standard InChI is InChI=1S/C18H20N4O5/c1-4-21-11-15(17(20-21)18(24)27-12(2)3)19-16(23)9-8-13-6-5-7-14(10-13)22(25)26/h5-12H,4H2,1-3H3,(H,19,23)/b9-8+. The van der Waals surface area contributed by atoms with Crippen LogP contribution in [0.4, 0.5) is 11.4 Å². The predicted octanol–water partition coefficient (Wildman–Crippen LogP) is 3.03. The lowest BCUT2D eigenvalue weighted by Crippen LogP contribution is -2.16. The summed E-state index contributed by atoms with van der Waals surface area (Å²) in [5, 5.41) is 17.5. The number of carbonyl (C=O) groups excluding carboxylic acids is 2. The van der Waals surface area contributed by atoms with E-state index in [9.17, 15) is 19.7 Å². The summed E-state index contributed by atoms with van der Waals surface area (Å²) in [6.45, 7) is 5.79. The summed E-state index contributed by atoms with van der Waals surface area (Å²) in [6, 6.07) is 5.88. The molecule has 9 heteroatoms. The maximum atomic E-state index is 12.2. The first-order valence-electron chi connectivity index (χ1n) is 8.32. The van der Waals surface area contributed by atoms with Crippen LogP contribution in [-0.4, -0.2) is 32.7 Å². The summed E-state index contributed by atoms with van der Waals surface area (Å²) >= 11 is 0. The molecule has 0 radical (unpaired) electrons. The van der Waals surface area contributed by atoms with Crippen molar-refractivity contribution in [2.24, 2.45) is 0 Å². The van der Waals surface area contributed by atoms with E-state index in [1.165, 1.54) is 41.2 Å². The molecule has 0 aliphatic carbocycles. The number of aromatic nitrogens is 2. The van der Waals surface area contributed by atoms with Gasteiger partial charge in [0.1, 0.15) is 0 Å². The van der Waals surface area contributed by atoms with Gasteiger partial charge in [0.2, 0.25) is 5.91 Å². The number of nitrogens with one attached hydrogen (secondary N) is 1. The number of hydrogen-bond donors (Lipinski definition) is 1.